The van der Waals surface area contributed by atoms with Gasteiger partial charge in [-0.15, -0.1) is 0 Å². The third-order valence-electron chi connectivity index (χ3n) is 5.08. The van der Waals surface area contributed by atoms with Gasteiger partial charge in [-0.25, -0.2) is 4.98 Å². The number of rotatable bonds is 5. The number of nitrogens with one attached hydrogen (secondary N) is 1. The van der Waals surface area contributed by atoms with Crippen LogP contribution in [0.1, 0.15) is 10.4 Å². The van der Waals surface area contributed by atoms with Crippen LogP contribution in [0.4, 0.5) is 23.1 Å². The smallest absolute Gasteiger partial charge is 0.260 e. The lowest BCUT2D eigenvalue weighted by molar-refractivity contribution is 0.102. The van der Waals surface area contributed by atoms with E-state index in [4.69, 9.17) is 10.5 Å². The molecule has 0 bridgehead atoms. The van der Waals surface area contributed by atoms with Crippen LogP contribution in [-0.2, 0) is 0 Å². The second-order valence-corrected chi connectivity index (χ2v) is 6.96. The van der Waals surface area contributed by atoms with Gasteiger partial charge in [-0.05, 0) is 36.4 Å². The van der Waals surface area contributed by atoms with Gasteiger partial charge in [0.2, 0.25) is 5.95 Å². The lowest BCUT2D eigenvalue weighted by Crippen LogP contribution is -2.47. The van der Waals surface area contributed by atoms with E-state index in [9.17, 15) is 4.79 Å². The van der Waals surface area contributed by atoms with Gasteiger partial charge in [0.25, 0.3) is 5.91 Å². The van der Waals surface area contributed by atoms with E-state index in [1.54, 1.807) is 7.11 Å². The van der Waals surface area contributed by atoms with Crippen molar-refractivity contribution in [3.05, 3.63) is 66.4 Å². The summed E-state index contributed by atoms with van der Waals surface area (Å²) in [6, 6.07) is 17.3. The molecule has 1 aromatic heterocycles. The van der Waals surface area contributed by atoms with Gasteiger partial charge in [-0.2, -0.15) is 4.98 Å². The number of aromatic nitrogens is 2. The minimum absolute atomic E-state index is 0.172. The van der Waals surface area contributed by atoms with E-state index in [0.29, 0.717) is 11.6 Å². The van der Waals surface area contributed by atoms with E-state index in [1.165, 1.54) is 6.20 Å². The van der Waals surface area contributed by atoms with E-state index in [1.807, 2.05) is 42.5 Å². The highest BCUT2D eigenvalue weighted by Crippen LogP contribution is 2.22. The number of methoxy groups -OCH3 is 1. The molecule has 154 valence electrons. The molecule has 1 amide bonds. The van der Waals surface area contributed by atoms with Crippen molar-refractivity contribution in [2.75, 3.05) is 54.1 Å². The molecule has 0 aliphatic carbocycles. The van der Waals surface area contributed by atoms with Crippen LogP contribution in [0.3, 0.4) is 0 Å². The number of anilines is 4. The predicted molar refractivity (Wildman–Crippen MR) is 118 cm³/mol. The number of para-hydroxylation sites is 1. The van der Waals surface area contributed by atoms with Crippen molar-refractivity contribution in [1.29, 1.82) is 0 Å². The Morgan fingerprint density at radius 2 is 1.67 bits per heavy atom. The van der Waals surface area contributed by atoms with Crippen LogP contribution < -0.4 is 25.6 Å². The first-order valence-electron chi connectivity index (χ1n) is 9.77. The molecule has 1 aliphatic heterocycles. The minimum atomic E-state index is -0.324. The quantitative estimate of drug-likeness (QED) is 0.675. The first-order chi connectivity index (χ1) is 14.6. The zero-order valence-electron chi connectivity index (χ0n) is 16.8. The van der Waals surface area contributed by atoms with Crippen LogP contribution in [0.15, 0.2) is 60.8 Å². The molecule has 1 aliphatic rings. The van der Waals surface area contributed by atoms with Crippen molar-refractivity contribution in [3.8, 4) is 5.75 Å². The van der Waals surface area contributed by atoms with Crippen molar-refractivity contribution >= 4 is 29.0 Å². The minimum Gasteiger partial charge on any atom is -0.497 e. The van der Waals surface area contributed by atoms with Crippen molar-refractivity contribution in [2.45, 2.75) is 0 Å². The van der Waals surface area contributed by atoms with Crippen LogP contribution in [0, 0.1) is 0 Å². The molecule has 2 aromatic carbocycles. The molecule has 30 heavy (non-hydrogen) atoms. The van der Waals surface area contributed by atoms with Crippen molar-refractivity contribution in [2.24, 2.45) is 0 Å². The second-order valence-electron chi connectivity index (χ2n) is 6.96. The number of piperazine rings is 1. The van der Waals surface area contributed by atoms with Crippen molar-refractivity contribution < 1.29 is 9.53 Å². The van der Waals surface area contributed by atoms with Gasteiger partial charge >= 0.3 is 0 Å². The standard InChI is InChI=1S/C22H24N6O2/c1-30-18-9-7-17(8-10-18)27-11-13-28(14-12-27)22-24-15-19(20(23)26-22)21(29)25-16-5-3-2-4-6-16/h2-10,15H,11-14H2,1H3,(H,25,29)(H2,23,24,26). The second kappa shape index (κ2) is 8.69. The molecule has 0 spiro atoms. The Hall–Kier alpha value is -3.81. The topological polar surface area (TPSA) is 96.6 Å². The van der Waals surface area contributed by atoms with Gasteiger partial charge < -0.3 is 25.6 Å². The summed E-state index contributed by atoms with van der Waals surface area (Å²) >= 11 is 0. The Labute approximate surface area is 175 Å². The maximum absolute atomic E-state index is 12.5. The Balaban J connectivity index is 1.39. The van der Waals surface area contributed by atoms with Gasteiger partial charge in [-0.3, -0.25) is 4.79 Å². The van der Waals surface area contributed by atoms with Gasteiger partial charge in [0, 0.05) is 43.8 Å². The number of ether oxygens (including phenoxy) is 1. The Kier molecular flexibility index (Phi) is 5.65. The van der Waals surface area contributed by atoms with Crippen LogP contribution in [0.2, 0.25) is 0 Å². The summed E-state index contributed by atoms with van der Waals surface area (Å²) in [4.78, 5) is 25.6. The summed E-state index contributed by atoms with van der Waals surface area (Å²) in [5, 5.41) is 2.80. The van der Waals surface area contributed by atoms with E-state index in [-0.39, 0.29) is 17.3 Å². The highest BCUT2D eigenvalue weighted by molar-refractivity contribution is 6.07. The number of hydrogen-bond donors (Lipinski definition) is 2. The van der Waals surface area contributed by atoms with Crippen molar-refractivity contribution in [3.63, 3.8) is 0 Å². The molecule has 0 atom stereocenters. The largest absolute Gasteiger partial charge is 0.497 e. The average molecular weight is 404 g/mol. The zero-order chi connectivity index (χ0) is 20.9. The molecule has 3 aromatic rings. The summed E-state index contributed by atoms with van der Waals surface area (Å²) in [7, 11) is 1.66. The van der Waals surface area contributed by atoms with Gasteiger partial charge in [-0.1, -0.05) is 18.2 Å². The van der Waals surface area contributed by atoms with E-state index < -0.39 is 0 Å². The monoisotopic (exact) mass is 404 g/mol. The molecule has 8 heteroatoms. The molecular formula is C22H24N6O2. The average Bonchev–Trinajstić information content (AvgIpc) is 2.80. The molecule has 4 rings (SSSR count). The highest BCUT2D eigenvalue weighted by atomic mass is 16.5. The van der Waals surface area contributed by atoms with Crippen LogP contribution >= 0.6 is 0 Å². The Morgan fingerprint density at radius 3 is 2.30 bits per heavy atom. The molecule has 3 N–H and O–H groups in total. The van der Waals surface area contributed by atoms with Crippen LogP contribution in [0.5, 0.6) is 5.75 Å². The molecule has 0 unspecified atom stereocenters. The number of benzene rings is 2. The molecular weight excluding hydrogens is 380 g/mol. The number of carbonyl (C=O) groups excluding carboxylic acids is 1. The number of hydrogen-bond acceptors (Lipinski definition) is 7. The van der Waals surface area contributed by atoms with Gasteiger partial charge in [0.05, 0.1) is 7.11 Å². The summed E-state index contributed by atoms with van der Waals surface area (Å²) in [6.45, 7) is 3.21. The molecule has 0 radical (unpaired) electrons. The fourth-order valence-corrected chi connectivity index (χ4v) is 3.39. The fraction of sp³-hybridized carbons (Fsp3) is 0.227. The normalized spacial score (nSPS) is 13.8. The van der Waals surface area contributed by atoms with E-state index in [2.05, 4.69) is 37.2 Å². The Bertz CT molecular complexity index is 1000. The molecule has 1 fully saturated rings. The molecule has 8 nitrogen and oxygen atoms in total. The third kappa shape index (κ3) is 4.27. The highest BCUT2D eigenvalue weighted by Gasteiger charge is 2.21. The maximum Gasteiger partial charge on any atom is 0.260 e. The van der Waals surface area contributed by atoms with E-state index >= 15 is 0 Å². The number of nitrogen functional groups attached to an aromatic ring is 1. The first kappa shape index (κ1) is 19.5. The SMILES string of the molecule is COc1ccc(N2CCN(c3ncc(C(=O)Nc4ccccc4)c(N)n3)CC2)cc1. The van der Waals surface area contributed by atoms with Crippen molar-refractivity contribution in [1.82, 2.24) is 9.97 Å². The number of nitrogens with two attached hydrogens (primary N) is 1. The maximum atomic E-state index is 12.5. The van der Waals surface area contributed by atoms with E-state index in [0.717, 1.165) is 37.6 Å². The van der Waals surface area contributed by atoms with Crippen LogP contribution in [-0.4, -0.2) is 49.2 Å². The molecule has 0 saturated carbocycles. The summed E-state index contributed by atoms with van der Waals surface area (Å²) in [5.74, 6) is 1.23. The number of nitrogens with zero attached hydrogens (tertiary/aromatic N) is 4. The van der Waals surface area contributed by atoms with Crippen LogP contribution in [0.25, 0.3) is 0 Å². The number of carbonyl (C=O) groups is 1. The number of amides is 1. The fourth-order valence-electron chi connectivity index (χ4n) is 3.39. The third-order valence-corrected chi connectivity index (χ3v) is 5.08. The lowest BCUT2D eigenvalue weighted by atomic mass is 10.2. The summed E-state index contributed by atoms with van der Waals surface area (Å²) < 4.78 is 5.22. The predicted octanol–water partition coefficient (Wildman–Crippen LogP) is 2.65. The molecule has 1 saturated heterocycles. The lowest BCUT2D eigenvalue weighted by Gasteiger charge is -2.36. The first-order valence-corrected chi connectivity index (χ1v) is 9.77. The zero-order valence-corrected chi connectivity index (χ0v) is 16.8. The molecule has 2 heterocycles. The Morgan fingerprint density at radius 1 is 1.00 bits per heavy atom. The summed E-state index contributed by atoms with van der Waals surface area (Å²) in [5.41, 5.74) is 8.18. The summed E-state index contributed by atoms with van der Waals surface area (Å²) in [6.07, 6.45) is 1.49. The van der Waals surface area contributed by atoms with Gasteiger partial charge in [0.15, 0.2) is 0 Å². The van der Waals surface area contributed by atoms with Gasteiger partial charge in [0.1, 0.15) is 17.1 Å².